The highest BCUT2D eigenvalue weighted by Gasteiger charge is 2.24. The summed E-state index contributed by atoms with van der Waals surface area (Å²) in [5.74, 6) is 0.390. The fourth-order valence-corrected chi connectivity index (χ4v) is 4.71. The number of aromatic nitrogens is 2. The van der Waals surface area contributed by atoms with Crippen LogP contribution in [0.25, 0.3) is 10.2 Å². The lowest BCUT2D eigenvalue weighted by atomic mass is 9.98. The predicted octanol–water partition coefficient (Wildman–Crippen LogP) is 5.44. The van der Waals surface area contributed by atoms with Gasteiger partial charge in [-0.2, -0.15) is 0 Å². The number of rotatable bonds is 5. The molecule has 0 atom stereocenters. The van der Waals surface area contributed by atoms with Gasteiger partial charge in [0.1, 0.15) is 28.0 Å². The first-order valence-corrected chi connectivity index (χ1v) is 10.7. The minimum atomic E-state index is -0.269. The van der Waals surface area contributed by atoms with E-state index in [1.165, 1.54) is 24.1 Å². The van der Waals surface area contributed by atoms with E-state index in [-0.39, 0.29) is 17.9 Å². The number of fused-ring (bicyclic) bond motifs is 1. The van der Waals surface area contributed by atoms with Crippen LogP contribution >= 0.6 is 11.3 Å². The van der Waals surface area contributed by atoms with E-state index in [1.807, 2.05) is 19.1 Å². The van der Waals surface area contributed by atoms with Crippen LogP contribution < -0.4 is 5.32 Å². The Bertz CT molecular complexity index is 1050. The average Bonchev–Trinajstić information content (AvgIpc) is 3.07. The van der Waals surface area contributed by atoms with E-state index in [2.05, 4.69) is 15.3 Å². The van der Waals surface area contributed by atoms with Gasteiger partial charge in [-0.3, -0.25) is 4.79 Å². The van der Waals surface area contributed by atoms with Gasteiger partial charge in [0.15, 0.2) is 5.78 Å². The normalized spacial score (nSPS) is 14.7. The van der Waals surface area contributed by atoms with E-state index in [9.17, 15) is 9.59 Å². The number of benzene rings is 1. The molecule has 0 aliphatic heterocycles. The van der Waals surface area contributed by atoms with Crippen molar-refractivity contribution >= 4 is 44.8 Å². The second-order valence-electron chi connectivity index (χ2n) is 7.38. The van der Waals surface area contributed by atoms with Gasteiger partial charge < -0.3 is 10.1 Å². The maximum absolute atomic E-state index is 12.8. The molecular weight excluding hydrogens is 386 g/mol. The summed E-state index contributed by atoms with van der Waals surface area (Å²) < 4.78 is 5.75. The largest absolute Gasteiger partial charge is 0.458 e. The number of aryl methyl sites for hydroxylation is 1. The molecule has 4 rings (SSSR count). The number of thiophene rings is 1. The van der Waals surface area contributed by atoms with Crippen LogP contribution in [0.2, 0.25) is 0 Å². The Morgan fingerprint density at radius 2 is 1.83 bits per heavy atom. The second-order valence-corrected chi connectivity index (χ2v) is 8.38. The zero-order valence-electron chi connectivity index (χ0n) is 16.5. The highest BCUT2D eigenvalue weighted by Crippen LogP contribution is 2.35. The molecular formula is C22H23N3O3S. The highest BCUT2D eigenvalue weighted by molar-refractivity contribution is 7.20. The second kappa shape index (κ2) is 8.29. The first-order chi connectivity index (χ1) is 14.0. The van der Waals surface area contributed by atoms with Crippen LogP contribution in [0.1, 0.15) is 64.6 Å². The molecule has 3 aromatic rings. The van der Waals surface area contributed by atoms with Crippen molar-refractivity contribution in [2.75, 3.05) is 5.32 Å². The lowest BCUT2D eigenvalue weighted by Crippen LogP contribution is -2.20. The molecule has 0 amide bonds. The van der Waals surface area contributed by atoms with Gasteiger partial charge in [-0.25, -0.2) is 14.8 Å². The van der Waals surface area contributed by atoms with Crippen molar-refractivity contribution in [1.29, 1.82) is 0 Å². The summed E-state index contributed by atoms with van der Waals surface area (Å²) in [6, 6.07) is 7.22. The number of esters is 1. The number of anilines is 2. The Hall–Kier alpha value is -2.80. The van der Waals surface area contributed by atoms with Gasteiger partial charge in [-0.1, -0.05) is 6.42 Å². The van der Waals surface area contributed by atoms with E-state index in [4.69, 9.17) is 4.74 Å². The lowest BCUT2D eigenvalue weighted by molar-refractivity contribution is 0.0216. The molecule has 29 heavy (non-hydrogen) atoms. The SMILES string of the molecule is CC(=O)c1ccc(Nc2ncnc3sc(C(=O)OC4CCCCC4)c(C)c23)cc1. The summed E-state index contributed by atoms with van der Waals surface area (Å²) in [5.41, 5.74) is 2.30. The van der Waals surface area contributed by atoms with Crippen LogP contribution in [-0.2, 0) is 4.74 Å². The van der Waals surface area contributed by atoms with Crippen LogP contribution in [0.3, 0.4) is 0 Å². The number of hydrogen-bond donors (Lipinski definition) is 1. The monoisotopic (exact) mass is 409 g/mol. The molecule has 1 aliphatic rings. The summed E-state index contributed by atoms with van der Waals surface area (Å²) in [4.78, 5) is 34.3. The minimum absolute atomic E-state index is 0.0179. The number of nitrogens with one attached hydrogen (secondary N) is 1. The molecule has 7 heteroatoms. The molecule has 2 heterocycles. The third kappa shape index (κ3) is 4.15. The number of ketones is 1. The number of ether oxygens (including phenoxy) is 1. The molecule has 2 aromatic heterocycles. The van der Waals surface area contributed by atoms with Gasteiger partial charge in [0.25, 0.3) is 0 Å². The van der Waals surface area contributed by atoms with Gasteiger partial charge >= 0.3 is 5.97 Å². The smallest absolute Gasteiger partial charge is 0.348 e. The Kier molecular flexibility index (Phi) is 5.58. The van der Waals surface area contributed by atoms with Crippen molar-refractivity contribution in [2.24, 2.45) is 0 Å². The third-order valence-corrected chi connectivity index (χ3v) is 6.47. The van der Waals surface area contributed by atoms with Crippen molar-refractivity contribution in [3.8, 4) is 0 Å². The van der Waals surface area contributed by atoms with E-state index in [1.54, 1.807) is 19.1 Å². The molecule has 0 bridgehead atoms. The van der Waals surface area contributed by atoms with E-state index in [0.717, 1.165) is 47.2 Å². The molecule has 1 aromatic carbocycles. The molecule has 0 radical (unpaired) electrons. The molecule has 6 nitrogen and oxygen atoms in total. The quantitative estimate of drug-likeness (QED) is 0.447. The average molecular weight is 410 g/mol. The van der Waals surface area contributed by atoms with Crippen molar-refractivity contribution < 1.29 is 14.3 Å². The number of nitrogens with zero attached hydrogens (tertiary/aromatic N) is 2. The highest BCUT2D eigenvalue weighted by atomic mass is 32.1. The molecule has 1 saturated carbocycles. The predicted molar refractivity (Wildman–Crippen MR) is 114 cm³/mol. The molecule has 150 valence electrons. The number of carbonyl (C=O) groups is 2. The molecule has 1 aliphatic carbocycles. The first kappa shape index (κ1) is 19.5. The summed E-state index contributed by atoms with van der Waals surface area (Å²) in [7, 11) is 0. The Morgan fingerprint density at radius 1 is 1.10 bits per heavy atom. The van der Waals surface area contributed by atoms with Crippen molar-refractivity contribution in [3.63, 3.8) is 0 Å². The number of hydrogen-bond acceptors (Lipinski definition) is 7. The summed E-state index contributed by atoms with van der Waals surface area (Å²) in [6.45, 7) is 3.45. The molecule has 1 N–H and O–H groups in total. The Balaban J connectivity index is 1.60. The topological polar surface area (TPSA) is 81.2 Å². The van der Waals surface area contributed by atoms with Crippen LogP contribution in [0.5, 0.6) is 0 Å². The summed E-state index contributed by atoms with van der Waals surface area (Å²) in [5, 5.41) is 4.10. The first-order valence-electron chi connectivity index (χ1n) is 9.86. The van der Waals surface area contributed by atoms with Crippen molar-refractivity contribution in [2.45, 2.75) is 52.1 Å². The molecule has 1 fully saturated rings. The van der Waals surface area contributed by atoms with Crippen LogP contribution in [0.4, 0.5) is 11.5 Å². The van der Waals surface area contributed by atoms with Gasteiger partial charge in [0.2, 0.25) is 0 Å². The van der Waals surface area contributed by atoms with Gasteiger partial charge in [0, 0.05) is 11.3 Å². The molecule has 0 saturated heterocycles. The Morgan fingerprint density at radius 3 is 2.52 bits per heavy atom. The van der Waals surface area contributed by atoms with Crippen molar-refractivity contribution in [3.05, 3.63) is 46.6 Å². The third-order valence-electron chi connectivity index (χ3n) is 5.29. The fraction of sp³-hybridized carbons (Fsp3) is 0.364. The zero-order chi connectivity index (χ0) is 20.4. The van der Waals surface area contributed by atoms with Gasteiger partial charge in [0.05, 0.1) is 5.39 Å². The van der Waals surface area contributed by atoms with E-state index < -0.39 is 0 Å². The molecule has 0 unspecified atom stereocenters. The fourth-order valence-electron chi connectivity index (χ4n) is 3.67. The van der Waals surface area contributed by atoms with E-state index >= 15 is 0 Å². The maximum Gasteiger partial charge on any atom is 0.348 e. The lowest BCUT2D eigenvalue weighted by Gasteiger charge is -2.21. The zero-order valence-corrected chi connectivity index (χ0v) is 17.3. The Labute approximate surface area is 173 Å². The number of carbonyl (C=O) groups excluding carboxylic acids is 2. The van der Waals surface area contributed by atoms with Crippen LogP contribution in [0.15, 0.2) is 30.6 Å². The summed E-state index contributed by atoms with van der Waals surface area (Å²) in [6.07, 6.45) is 6.84. The van der Waals surface area contributed by atoms with Crippen molar-refractivity contribution in [1.82, 2.24) is 9.97 Å². The maximum atomic E-state index is 12.8. The van der Waals surface area contributed by atoms with Gasteiger partial charge in [-0.05, 0) is 69.4 Å². The summed E-state index contributed by atoms with van der Waals surface area (Å²) >= 11 is 1.34. The van der Waals surface area contributed by atoms with Crippen LogP contribution in [-0.4, -0.2) is 27.8 Å². The number of Topliss-reactive ketones (excluding diaryl/α,β-unsaturated/α-hetero) is 1. The standard InChI is InChI=1S/C22H23N3O3S/c1-13-18-20(25-16-10-8-15(9-11-16)14(2)26)23-12-24-21(18)29-19(13)22(27)28-17-6-4-3-5-7-17/h8-12,17H,3-7H2,1-2H3,(H,23,24,25). The van der Waals surface area contributed by atoms with E-state index in [0.29, 0.717) is 16.3 Å². The van der Waals surface area contributed by atoms with Crippen LogP contribution in [0, 0.1) is 6.92 Å². The van der Waals surface area contributed by atoms with Gasteiger partial charge in [-0.15, -0.1) is 11.3 Å². The minimum Gasteiger partial charge on any atom is -0.458 e. The molecule has 0 spiro atoms.